The van der Waals surface area contributed by atoms with Crippen LogP contribution in [0.4, 0.5) is 4.39 Å². The lowest BCUT2D eigenvalue weighted by molar-refractivity contribution is -0.129. The van der Waals surface area contributed by atoms with Crippen molar-refractivity contribution < 1.29 is 9.18 Å². The summed E-state index contributed by atoms with van der Waals surface area (Å²) in [7, 11) is 1.85. The minimum Gasteiger partial charge on any atom is -0.340 e. The van der Waals surface area contributed by atoms with Crippen LogP contribution in [0.3, 0.4) is 0 Å². The van der Waals surface area contributed by atoms with E-state index in [2.05, 4.69) is 20.2 Å². The highest BCUT2D eigenvalue weighted by molar-refractivity contribution is 7.99. The Morgan fingerprint density at radius 3 is 3.16 bits per heavy atom. The Labute approximate surface area is 147 Å². The van der Waals surface area contributed by atoms with Crippen LogP contribution in [0.5, 0.6) is 0 Å². The second-order valence-corrected chi connectivity index (χ2v) is 6.98. The average molecular weight is 360 g/mol. The summed E-state index contributed by atoms with van der Waals surface area (Å²) in [6, 6.07) is 4.37. The van der Waals surface area contributed by atoms with Gasteiger partial charge in [0, 0.05) is 13.6 Å². The number of imidazole rings is 1. The number of thioether (sulfide) groups is 1. The Kier molecular flexibility index (Phi) is 4.16. The van der Waals surface area contributed by atoms with Gasteiger partial charge in [-0.1, -0.05) is 11.8 Å². The molecule has 1 aromatic carbocycles. The lowest BCUT2D eigenvalue weighted by Gasteiger charge is -2.22. The standard InChI is InChI=1S/C16H17FN6OS/c1-22-9-18-21-16(22)25-8-14(24)23-6-2-3-13(23)15-19-11-5-4-10(17)7-12(11)20-15/h4-5,7,9,13H,2-3,6,8H2,1H3,(H,19,20). The minimum atomic E-state index is -0.304. The lowest BCUT2D eigenvalue weighted by Crippen LogP contribution is -2.32. The number of nitrogens with one attached hydrogen (secondary N) is 1. The van der Waals surface area contributed by atoms with E-state index >= 15 is 0 Å². The van der Waals surface area contributed by atoms with E-state index in [0.29, 0.717) is 28.5 Å². The van der Waals surface area contributed by atoms with E-state index in [0.717, 1.165) is 18.7 Å². The second-order valence-electron chi connectivity index (χ2n) is 6.04. The third-order valence-electron chi connectivity index (χ3n) is 4.35. The Morgan fingerprint density at radius 2 is 2.36 bits per heavy atom. The predicted molar refractivity (Wildman–Crippen MR) is 91.5 cm³/mol. The summed E-state index contributed by atoms with van der Waals surface area (Å²) in [5, 5.41) is 8.50. The SMILES string of the molecule is Cn1cnnc1SCC(=O)N1CCCC1c1nc2ccc(F)cc2[nH]1. The molecule has 1 amide bonds. The van der Waals surface area contributed by atoms with E-state index in [1.807, 2.05) is 11.9 Å². The molecule has 130 valence electrons. The number of fused-ring (bicyclic) bond motifs is 1. The van der Waals surface area contributed by atoms with Crippen molar-refractivity contribution in [2.45, 2.75) is 24.0 Å². The van der Waals surface area contributed by atoms with Crippen molar-refractivity contribution in [3.8, 4) is 0 Å². The Balaban J connectivity index is 1.50. The van der Waals surface area contributed by atoms with Crippen LogP contribution < -0.4 is 0 Å². The van der Waals surface area contributed by atoms with Crippen LogP contribution in [0.1, 0.15) is 24.7 Å². The monoisotopic (exact) mass is 360 g/mol. The van der Waals surface area contributed by atoms with E-state index in [1.54, 1.807) is 17.0 Å². The first-order chi connectivity index (χ1) is 12.1. The van der Waals surface area contributed by atoms with Gasteiger partial charge in [-0.05, 0) is 31.0 Å². The Morgan fingerprint density at radius 1 is 1.48 bits per heavy atom. The van der Waals surface area contributed by atoms with Crippen LogP contribution in [0.15, 0.2) is 29.7 Å². The van der Waals surface area contributed by atoms with Gasteiger partial charge >= 0.3 is 0 Å². The van der Waals surface area contributed by atoms with Crippen molar-refractivity contribution in [3.63, 3.8) is 0 Å². The molecular weight excluding hydrogens is 343 g/mol. The molecule has 2 aromatic heterocycles. The van der Waals surface area contributed by atoms with E-state index in [9.17, 15) is 9.18 Å². The summed E-state index contributed by atoms with van der Waals surface area (Å²) in [6.07, 6.45) is 3.39. The Bertz CT molecular complexity index is 922. The van der Waals surface area contributed by atoms with Crippen molar-refractivity contribution >= 4 is 28.7 Å². The minimum absolute atomic E-state index is 0.0436. The molecule has 9 heteroatoms. The van der Waals surface area contributed by atoms with Gasteiger partial charge in [0.25, 0.3) is 0 Å². The van der Waals surface area contributed by atoms with Crippen molar-refractivity contribution in [1.82, 2.24) is 29.6 Å². The van der Waals surface area contributed by atoms with E-state index < -0.39 is 0 Å². The van der Waals surface area contributed by atoms with E-state index in [1.165, 1.54) is 23.9 Å². The van der Waals surface area contributed by atoms with Crippen LogP contribution in [0.2, 0.25) is 0 Å². The summed E-state index contributed by atoms with van der Waals surface area (Å²) >= 11 is 1.37. The second kappa shape index (κ2) is 6.47. The number of likely N-dealkylation sites (tertiary alicyclic amines) is 1. The summed E-state index contributed by atoms with van der Waals surface area (Å²) in [4.78, 5) is 22.2. The molecule has 0 bridgehead atoms. The number of hydrogen-bond acceptors (Lipinski definition) is 5. The number of carbonyl (C=O) groups is 1. The molecule has 0 radical (unpaired) electrons. The zero-order chi connectivity index (χ0) is 17.4. The molecule has 4 rings (SSSR count). The highest BCUT2D eigenvalue weighted by atomic mass is 32.2. The number of hydrogen-bond donors (Lipinski definition) is 1. The zero-order valence-corrected chi connectivity index (χ0v) is 14.5. The van der Waals surface area contributed by atoms with Gasteiger partial charge < -0.3 is 14.5 Å². The maximum Gasteiger partial charge on any atom is 0.233 e. The molecule has 1 unspecified atom stereocenters. The molecule has 1 aliphatic heterocycles. The van der Waals surface area contributed by atoms with Crippen molar-refractivity contribution in [1.29, 1.82) is 0 Å². The number of H-pyrrole nitrogens is 1. The third-order valence-corrected chi connectivity index (χ3v) is 5.36. The lowest BCUT2D eigenvalue weighted by atomic mass is 10.2. The van der Waals surface area contributed by atoms with E-state index in [4.69, 9.17) is 0 Å². The molecule has 7 nitrogen and oxygen atoms in total. The van der Waals surface area contributed by atoms with Gasteiger partial charge in [-0.25, -0.2) is 9.37 Å². The number of aromatic amines is 1. The number of aromatic nitrogens is 5. The highest BCUT2D eigenvalue weighted by Crippen LogP contribution is 2.32. The molecule has 1 fully saturated rings. The first kappa shape index (κ1) is 16.1. The summed E-state index contributed by atoms with van der Waals surface area (Å²) in [5.41, 5.74) is 1.37. The molecule has 1 saturated heterocycles. The predicted octanol–water partition coefficient (Wildman–Crippen LogP) is 2.29. The van der Waals surface area contributed by atoms with Gasteiger partial charge in [-0.2, -0.15) is 0 Å². The van der Waals surface area contributed by atoms with Gasteiger partial charge in [-0.3, -0.25) is 4.79 Å². The first-order valence-electron chi connectivity index (χ1n) is 8.03. The number of benzene rings is 1. The molecule has 0 spiro atoms. The van der Waals surface area contributed by atoms with Gasteiger partial charge in [-0.15, -0.1) is 10.2 Å². The van der Waals surface area contributed by atoms with Gasteiger partial charge in [0.05, 0.1) is 22.8 Å². The molecule has 1 N–H and O–H groups in total. The normalized spacial score (nSPS) is 17.5. The maximum absolute atomic E-state index is 13.4. The fraction of sp³-hybridized carbons (Fsp3) is 0.375. The molecule has 25 heavy (non-hydrogen) atoms. The van der Waals surface area contributed by atoms with E-state index in [-0.39, 0.29) is 17.8 Å². The van der Waals surface area contributed by atoms with Crippen LogP contribution in [0, 0.1) is 5.82 Å². The first-order valence-corrected chi connectivity index (χ1v) is 9.02. The number of amides is 1. The summed E-state index contributed by atoms with van der Waals surface area (Å²) in [6.45, 7) is 0.703. The third kappa shape index (κ3) is 3.11. The smallest absolute Gasteiger partial charge is 0.233 e. The quantitative estimate of drug-likeness (QED) is 0.722. The van der Waals surface area contributed by atoms with Gasteiger partial charge in [0.1, 0.15) is 18.0 Å². The van der Waals surface area contributed by atoms with Crippen molar-refractivity contribution in [2.24, 2.45) is 7.05 Å². The molecule has 1 atom stereocenters. The molecular formula is C16H17FN6OS. The molecule has 3 aromatic rings. The fourth-order valence-electron chi connectivity index (χ4n) is 3.12. The number of halogens is 1. The van der Waals surface area contributed by atoms with Crippen LogP contribution >= 0.6 is 11.8 Å². The van der Waals surface area contributed by atoms with Crippen molar-refractivity contribution in [3.05, 3.63) is 36.2 Å². The number of nitrogens with zero attached hydrogens (tertiary/aromatic N) is 5. The van der Waals surface area contributed by atoms with Crippen LogP contribution in [-0.2, 0) is 11.8 Å². The summed E-state index contributed by atoms with van der Waals surface area (Å²) < 4.78 is 15.2. The maximum atomic E-state index is 13.4. The zero-order valence-electron chi connectivity index (χ0n) is 13.6. The molecule has 3 heterocycles. The molecule has 0 saturated carbocycles. The number of carbonyl (C=O) groups excluding carboxylic acids is 1. The fourth-order valence-corrected chi connectivity index (χ4v) is 3.90. The highest BCUT2D eigenvalue weighted by Gasteiger charge is 2.32. The van der Waals surface area contributed by atoms with Gasteiger partial charge in [0.15, 0.2) is 5.16 Å². The van der Waals surface area contributed by atoms with Crippen LogP contribution in [-0.4, -0.2) is 47.8 Å². The number of rotatable bonds is 4. The largest absolute Gasteiger partial charge is 0.340 e. The van der Waals surface area contributed by atoms with Crippen molar-refractivity contribution in [2.75, 3.05) is 12.3 Å². The Hall–Kier alpha value is -2.42. The average Bonchev–Trinajstić information content (AvgIpc) is 3.30. The molecule has 1 aliphatic rings. The molecule has 0 aliphatic carbocycles. The number of aryl methyl sites for hydroxylation is 1. The topological polar surface area (TPSA) is 79.7 Å². The van der Waals surface area contributed by atoms with Gasteiger partial charge in [0.2, 0.25) is 5.91 Å². The van der Waals surface area contributed by atoms with Crippen LogP contribution in [0.25, 0.3) is 11.0 Å². The summed E-state index contributed by atoms with van der Waals surface area (Å²) in [5.74, 6) is 0.761.